The second kappa shape index (κ2) is 8.18. The van der Waals surface area contributed by atoms with Crippen LogP contribution in [0, 0.1) is 13.8 Å². The summed E-state index contributed by atoms with van der Waals surface area (Å²) in [5, 5.41) is 3.04. The molecule has 21 heavy (non-hydrogen) atoms. The number of rotatable bonds is 5. The Morgan fingerprint density at radius 1 is 1.10 bits per heavy atom. The second-order valence-electron chi connectivity index (χ2n) is 6.16. The van der Waals surface area contributed by atoms with Gasteiger partial charge >= 0.3 is 0 Å². The first-order valence-corrected chi connectivity index (χ1v) is 8.24. The van der Waals surface area contributed by atoms with E-state index in [0.717, 1.165) is 25.1 Å². The summed E-state index contributed by atoms with van der Waals surface area (Å²) in [6.07, 6.45) is 6.45. The quantitative estimate of drug-likeness (QED) is 0.843. The van der Waals surface area contributed by atoms with Gasteiger partial charge in [-0.2, -0.15) is 0 Å². The molecule has 0 unspecified atom stereocenters. The highest BCUT2D eigenvalue weighted by atomic mass is 16.1. The molecule has 1 heterocycles. The fourth-order valence-electron chi connectivity index (χ4n) is 2.85. The van der Waals surface area contributed by atoms with Gasteiger partial charge in [-0.25, -0.2) is 0 Å². The summed E-state index contributed by atoms with van der Waals surface area (Å²) in [5.41, 5.74) is 3.17. The van der Waals surface area contributed by atoms with Crippen LogP contribution in [0.25, 0.3) is 0 Å². The van der Waals surface area contributed by atoms with Crippen LogP contribution in [-0.4, -0.2) is 37.0 Å². The molecular weight excluding hydrogens is 260 g/mol. The molecule has 1 aliphatic heterocycles. The maximum atomic E-state index is 12.1. The topological polar surface area (TPSA) is 32.3 Å². The van der Waals surface area contributed by atoms with E-state index in [0.29, 0.717) is 0 Å². The van der Waals surface area contributed by atoms with Gasteiger partial charge in [0.1, 0.15) is 0 Å². The molecule has 1 saturated heterocycles. The molecule has 1 aromatic carbocycles. The molecule has 3 heteroatoms. The minimum Gasteiger partial charge on any atom is -0.352 e. The Labute approximate surface area is 128 Å². The molecule has 0 saturated carbocycles. The van der Waals surface area contributed by atoms with Crippen LogP contribution in [0.4, 0.5) is 0 Å². The number of benzene rings is 1. The molecule has 1 amide bonds. The first-order valence-electron chi connectivity index (χ1n) is 8.24. The third-order valence-corrected chi connectivity index (χ3v) is 4.40. The lowest BCUT2D eigenvalue weighted by Crippen LogP contribution is -2.30. The number of carbonyl (C=O) groups excluding carboxylic acids is 1. The summed E-state index contributed by atoms with van der Waals surface area (Å²) >= 11 is 0. The average molecular weight is 288 g/mol. The van der Waals surface area contributed by atoms with E-state index >= 15 is 0 Å². The number of aryl methyl sites for hydroxylation is 2. The van der Waals surface area contributed by atoms with Crippen LogP contribution in [0.3, 0.4) is 0 Å². The number of amides is 1. The van der Waals surface area contributed by atoms with Crippen molar-refractivity contribution in [2.24, 2.45) is 0 Å². The molecule has 0 aliphatic carbocycles. The number of nitrogens with zero attached hydrogens (tertiary/aromatic N) is 1. The predicted molar refractivity (Wildman–Crippen MR) is 87.8 cm³/mol. The van der Waals surface area contributed by atoms with Crippen LogP contribution in [0.1, 0.15) is 53.6 Å². The predicted octanol–water partition coefficient (Wildman–Crippen LogP) is 3.30. The molecule has 0 radical (unpaired) electrons. The first kappa shape index (κ1) is 16.0. The van der Waals surface area contributed by atoms with Crippen molar-refractivity contribution < 1.29 is 4.79 Å². The molecule has 0 bridgehead atoms. The van der Waals surface area contributed by atoms with Crippen molar-refractivity contribution in [1.82, 2.24) is 10.2 Å². The van der Waals surface area contributed by atoms with Crippen LogP contribution in [-0.2, 0) is 0 Å². The maximum absolute atomic E-state index is 12.1. The smallest absolute Gasteiger partial charge is 0.251 e. The van der Waals surface area contributed by atoms with E-state index in [-0.39, 0.29) is 5.91 Å². The molecule has 1 aliphatic rings. The lowest BCUT2D eigenvalue weighted by Gasteiger charge is -2.19. The molecule has 0 aromatic heterocycles. The van der Waals surface area contributed by atoms with Gasteiger partial charge in [-0.1, -0.05) is 18.9 Å². The van der Waals surface area contributed by atoms with Gasteiger partial charge in [0.05, 0.1) is 0 Å². The van der Waals surface area contributed by atoms with Crippen LogP contribution in [0.5, 0.6) is 0 Å². The van der Waals surface area contributed by atoms with Crippen molar-refractivity contribution in [3.05, 3.63) is 34.9 Å². The monoisotopic (exact) mass is 288 g/mol. The van der Waals surface area contributed by atoms with E-state index < -0.39 is 0 Å². The van der Waals surface area contributed by atoms with Crippen molar-refractivity contribution in [2.45, 2.75) is 46.0 Å². The summed E-state index contributed by atoms with van der Waals surface area (Å²) in [5.74, 6) is 0.0500. The Bertz CT molecular complexity index is 462. The summed E-state index contributed by atoms with van der Waals surface area (Å²) in [6, 6.07) is 5.90. The maximum Gasteiger partial charge on any atom is 0.251 e. The molecule has 116 valence electrons. The molecule has 0 spiro atoms. The zero-order valence-electron chi connectivity index (χ0n) is 13.5. The SMILES string of the molecule is Cc1ccc(C(=O)NCCCN2CCCCCC2)cc1C. The third kappa shape index (κ3) is 5.16. The highest BCUT2D eigenvalue weighted by Gasteiger charge is 2.09. The fourth-order valence-corrected chi connectivity index (χ4v) is 2.85. The number of hydrogen-bond acceptors (Lipinski definition) is 2. The normalized spacial score (nSPS) is 16.5. The lowest BCUT2D eigenvalue weighted by atomic mass is 10.1. The fraction of sp³-hybridized carbons (Fsp3) is 0.611. The first-order chi connectivity index (χ1) is 10.2. The van der Waals surface area contributed by atoms with Crippen molar-refractivity contribution in [1.29, 1.82) is 0 Å². The van der Waals surface area contributed by atoms with Crippen molar-refractivity contribution in [3.63, 3.8) is 0 Å². The Kier molecular flexibility index (Phi) is 6.24. The number of hydrogen-bond donors (Lipinski definition) is 1. The van der Waals surface area contributed by atoms with Crippen LogP contribution < -0.4 is 5.32 Å². The molecule has 3 nitrogen and oxygen atoms in total. The van der Waals surface area contributed by atoms with Crippen LogP contribution in [0.2, 0.25) is 0 Å². The number of carbonyl (C=O) groups is 1. The van der Waals surface area contributed by atoms with Crippen LogP contribution >= 0.6 is 0 Å². The highest BCUT2D eigenvalue weighted by molar-refractivity contribution is 5.94. The number of likely N-dealkylation sites (tertiary alicyclic amines) is 1. The lowest BCUT2D eigenvalue weighted by molar-refractivity contribution is 0.0951. The Morgan fingerprint density at radius 3 is 2.48 bits per heavy atom. The summed E-state index contributed by atoms with van der Waals surface area (Å²) < 4.78 is 0. The van der Waals surface area contributed by atoms with E-state index in [9.17, 15) is 4.79 Å². The van der Waals surface area contributed by atoms with Gasteiger partial charge < -0.3 is 10.2 Å². The second-order valence-corrected chi connectivity index (χ2v) is 6.16. The van der Waals surface area contributed by atoms with Gasteiger partial charge in [-0.3, -0.25) is 4.79 Å². The highest BCUT2D eigenvalue weighted by Crippen LogP contribution is 2.10. The molecule has 1 fully saturated rings. The largest absolute Gasteiger partial charge is 0.352 e. The molecular formula is C18H28N2O. The Morgan fingerprint density at radius 2 is 1.81 bits per heavy atom. The molecule has 1 N–H and O–H groups in total. The minimum absolute atomic E-state index is 0.0500. The van der Waals surface area contributed by atoms with Gasteiger partial charge in [-0.05, 0) is 76.0 Å². The average Bonchev–Trinajstić information content (AvgIpc) is 2.75. The van der Waals surface area contributed by atoms with Gasteiger partial charge in [0, 0.05) is 12.1 Å². The zero-order valence-corrected chi connectivity index (χ0v) is 13.5. The van der Waals surface area contributed by atoms with Gasteiger partial charge in [-0.15, -0.1) is 0 Å². The Hall–Kier alpha value is -1.35. The summed E-state index contributed by atoms with van der Waals surface area (Å²) in [6.45, 7) is 8.44. The molecule has 2 rings (SSSR count). The number of nitrogens with one attached hydrogen (secondary N) is 1. The van der Waals surface area contributed by atoms with Crippen molar-refractivity contribution in [2.75, 3.05) is 26.2 Å². The minimum atomic E-state index is 0.0500. The van der Waals surface area contributed by atoms with Crippen molar-refractivity contribution >= 4 is 5.91 Å². The van der Waals surface area contributed by atoms with E-state index in [2.05, 4.69) is 17.1 Å². The van der Waals surface area contributed by atoms with E-state index in [4.69, 9.17) is 0 Å². The standard InChI is InChI=1S/C18H28N2O/c1-15-8-9-17(14-16(15)2)18(21)19-10-7-13-20-11-5-3-4-6-12-20/h8-9,14H,3-7,10-13H2,1-2H3,(H,19,21). The zero-order chi connectivity index (χ0) is 15.1. The Balaban J connectivity index is 1.70. The van der Waals surface area contributed by atoms with E-state index in [1.54, 1.807) is 0 Å². The van der Waals surface area contributed by atoms with Gasteiger partial charge in [0.15, 0.2) is 0 Å². The van der Waals surface area contributed by atoms with Gasteiger partial charge in [0.2, 0.25) is 0 Å². The van der Waals surface area contributed by atoms with Crippen LogP contribution in [0.15, 0.2) is 18.2 Å². The van der Waals surface area contributed by atoms with Gasteiger partial charge in [0.25, 0.3) is 5.91 Å². The molecule has 1 aromatic rings. The third-order valence-electron chi connectivity index (χ3n) is 4.40. The van der Waals surface area contributed by atoms with E-state index in [1.165, 1.54) is 49.9 Å². The van der Waals surface area contributed by atoms with Crippen molar-refractivity contribution in [3.8, 4) is 0 Å². The summed E-state index contributed by atoms with van der Waals surface area (Å²) in [4.78, 5) is 14.6. The summed E-state index contributed by atoms with van der Waals surface area (Å²) in [7, 11) is 0. The molecule has 0 atom stereocenters. The van der Waals surface area contributed by atoms with E-state index in [1.807, 2.05) is 25.1 Å².